The second kappa shape index (κ2) is 9.27. The number of carbonyl (C=O) groups is 1. The maximum absolute atomic E-state index is 12.9. The van der Waals surface area contributed by atoms with Crippen LogP contribution < -0.4 is 15.0 Å². The van der Waals surface area contributed by atoms with Gasteiger partial charge in [-0.15, -0.1) is 0 Å². The Kier molecular flexibility index (Phi) is 6.54. The molecule has 0 bridgehead atoms. The summed E-state index contributed by atoms with van der Waals surface area (Å²) in [6.07, 6.45) is 0. The zero-order valence-corrected chi connectivity index (χ0v) is 16.8. The Morgan fingerprint density at radius 3 is 2.52 bits per heavy atom. The Bertz CT molecular complexity index is 879. The van der Waals surface area contributed by atoms with Crippen LogP contribution in [0.25, 0.3) is 0 Å². The number of para-hydroxylation sites is 2. The normalized spacial score (nSPS) is 13.9. The Hall–Kier alpha value is -3.29. The summed E-state index contributed by atoms with van der Waals surface area (Å²) in [6, 6.07) is 12.5. The third-order valence-electron chi connectivity index (χ3n) is 4.88. The lowest BCUT2D eigenvalue weighted by Crippen LogP contribution is -2.48. The molecular formula is C21H26N4O4. The minimum absolute atomic E-state index is 0.0815. The number of nitro benzene ring substituents is 1. The lowest BCUT2D eigenvalue weighted by atomic mass is 10.1. The Morgan fingerprint density at radius 2 is 1.86 bits per heavy atom. The Labute approximate surface area is 170 Å². The van der Waals surface area contributed by atoms with Gasteiger partial charge in [0.25, 0.3) is 11.6 Å². The van der Waals surface area contributed by atoms with Crippen molar-refractivity contribution in [3.8, 4) is 5.75 Å². The molecule has 1 aliphatic heterocycles. The quantitative estimate of drug-likeness (QED) is 0.568. The number of benzene rings is 2. The van der Waals surface area contributed by atoms with Crippen LogP contribution in [0.2, 0.25) is 0 Å². The van der Waals surface area contributed by atoms with Gasteiger partial charge in [0.2, 0.25) is 0 Å². The molecule has 29 heavy (non-hydrogen) atoms. The highest BCUT2D eigenvalue weighted by molar-refractivity contribution is 5.96. The number of nitro groups is 1. The summed E-state index contributed by atoms with van der Waals surface area (Å²) in [4.78, 5) is 27.7. The standard InChI is InChI=1S/C21H26N4O4/c1-3-22-17-10-9-16(15-19(17)25(27)28)21(26)24-13-11-23(12-14-24)18-7-5-6-8-20(18)29-4-2/h5-10,15,22H,3-4,11-14H2,1-2H3. The van der Waals surface area contributed by atoms with E-state index >= 15 is 0 Å². The van der Waals surface area contributed by atoms with Gasteiger partial charge in [-0.2, -0.15) is 0 Å². The first-order chi connectivity index (χ1) is 14.0. The number of ether oxygens (including phenoxy) is 1. The van der Waals surface area contributed by atoms with Gasteiger partial charge in [-0.25, -0.2) is 0 Å². The number of carbonyl (C=O) groups excluding carboxylic acids is 1. The van der Waals surface area contributed by atoms with Gasteiger partial charge in [-0.05, 0) is 38.1 Å². The Balaban J connectivity index is 1.71. The van der Waals surface area contributed by atoms with E-state index in [0.717, 1.165) is 11.4 Å². The molecule has 2 aromatic rings. The maximum atomic E-state index is 12.9. The molecule has 1 amide bonds. The number of rotatable bonds is 7. The summed E-state index contributed by atoms with van der Waals surface area (Å²) in [5.74, 6) is 0.651. The molecule has 0 aliphatic carbocycles. The van der Waals surface area contributed by atoms with Crippen LogP contribution in [0.5, 0.6) is 5.75 Å². The van der Waals surface area contributed by atoms with E-state index in [9.17, 15) is 14.9 Å². The van der Waals surface area contributed by atoms with Crippen LogP contribution in [0, 0.1) is 10.1 Å². The van der Waals surface area contributed by atoms with Crippen LogP contribution in [-0.2, 0) is 0 Å². The van der Waals surface area contributed by atoms with Crippen molar-refractivity contribution in [2.24, 2.45) is 0 Å². The fraction of sp³-hybridized carbons (Fsp3) is 0.381. The van der Waals surface area contributed by atoms with Crippen molar-refractivity contribution in [3.63, 3.8) is 0 Å². The fourth-order valence-corrected chi connectivity index (χ4v) is 3.48. The third kappa shape index (κ3) is 4.59. The van der Waals surface area contributed by atoms with E-state index < -0.39 is 4.92 Å². The number of amides is 1. The van der Waals surface area contributed by atoms with E-state index in [2.05, 4.69) is 10.2 Å². The SMILES string of the molecule is CCNc1ccc(C(=O)N2CCN(c3ccccc3OCC)CC2)cc1[N+](=O)[O-]. The third-order valence-corrected chi connectivity index (χ3v) is 4.88. The molecular weight excluding hydrogens is 372 g/mol. The predicted octanol–water partition coefficient (Wildman–Crippen LogP) is 3.39. The first kappa shape index (κ1) is 20.4. The molecule has 0 radical (unpaired) electrons. The van der Waals surface area contributed by atoms with Crippen molar-refractivity contribution in [1.29, 1.82) is 0 Å². The molecule has 1 N–H and O–H groups in total. The molecule has 0 saturated carbocycles. The van der Waals surface area contributed by atoms with Crippen LogP contribution >= 0.6 is 0 Å². The van der Waals surface area contributed by atoms with Gasteiger partial charge in [0, 0.05) is 44.4 Å². The van der Waals surface area contributed by atoms with Gasteiger partial charge in [0.05, 0.1) is 17.2 Å². The Morgan fingerprint density at radius 1 is 1.14 bits per heavy atom. The lowest BCUT2D eigenvalue weighted by molar-refractivity contribution is -0.384. The number of anilines is 2. The van der Waals surface area contributed by atoms with Crippen molar-refractivity contribution in [2.75, 3.05) is 49.5 Å². The van der Waals surface area contributed by atoms with Crippen molar-refractivity contribution in [3.05, 3.63) is 58.1 Å². The van der Waals surface area contributed by atoms with Gasteiger partial charge in [0.15, 0.2) is 0 Å². The number of nitrogens with zero attached hydrogens (tertiary/aromatic N) is 3. The van der Waals surface area contributed by atoms with E-state index in [1.807, 2.05) is 38.1 Å². The summed E-state index contributed by atoms with van der Waals surface area (Å²) in [5.41, 5.74) is 1.70. The van der Waals surface area contributed by atoms with Gasteiger partial charge >= 0.3 is 0 Å². The number of piperazine rings is 1. The molecule has 1 aliphatic rings. The van der Waals surface area contributed by atoms with Gasteiger partial charge < -0.3 is 19.9 Å². The first-order valence-corrected chi connectivity index (χ1v) is 9.83. The highest BCUT2D eigenvalue weighted by Crippen LogP contribution is 2.30. The lowest BCUT2D eigenvalue weighted by Gasteiger charge is -2.36. The van der Waals surface area contributed by atoms with Crippen molar-refractivity contribution < 1.29 is 14.5 Å². The van der Waals surface area contributed by atoms with Gasteiger partial charge in [-0.3, -0.25) is 14.9 Å². The molecule has 3 rings (SSSR count). The summed E-state index contributed by atoms with van der Waals surface area (Å²) < 4.78 is 5.71. The monoisotopic (exact) mass is 398 g/mol. The maximum Gasteiger partial charge on any atom is 0.293 e. The summed E-state index contributed by atoms with van der Waals surface area (Å²) in [7, 11) is 0. The topological polar surface area (TPSA) is 88.0 Å². The van der Waals surface area contributed by atoms with Crippen LogP contribution in [0.4, 0.5) is 17.1 Å². The zero-order chi connectivity index (χ0) is 20.8. The minimum atomic E-state index is -0.461. The van der Waals surface area contributed by atoms with Gasteiger partial charge in [-0.1, -0.05) is 12.1 Å². The van der Waals surface area contributed by atoms with Crippen molar-refractivity contribution in [1.82, 2.24) is 4.90 Å². The van der Waals surface area contributed by atoms with Crippen LogP contribution in [-0.4, -0.2) is 55.1 Å². The largest absolute Gasteiger partial charge is 0.492 e. The van der Waals surface area contributed by atoms with E-state index in [4.69, 9.17) is 4.74 Å². The second-order valence-corrected chi connectivity index (χ2v) is 6.70. The van der Waals surface area contributed by atoms with Crippen molar-refractivity contribution in [2.45, 2.75) is 13.8 Å². The summed E-state index contributed by atoms with van der Waals surface area (Å²) in [6.45, 7) is 7.42. The van der Waals surface area contributed by atoms with E-state index in [-0.39, 0.29) is 11.6 Å². The van der Waals surface area contributed by atoms with Crippen LogP contribution in [0.15, 0.2) is 42.5 Å². The van der Waals surface area contributed by atoms with Gasteiger partial charge in [0.1, 0.15) is 11.4 Å². The molecule has 1 heterocycles. The van der Waals surface area contributed by atoms with E-state index in [1.165, 1.54) is 6.07 Å². The number of hydrogen-bond donors (Lipinski definition) is 1. The predicted molar refractivity (Wildman–Crippen MR) is 113 cm³/mol. The molecule has 0 atom stereocenters. The molecule has 8 nitrogen and oxygen atoms in total. The summed E-state index contributed by atoms with van der Waals surface area (Å²) in [5, 5.41) is 14.3. The number of nitrogens with one attached hydrogen (secondary N) is 1. The molecule has 0 unspecified atom stereocenters. The molecule has 0 spiro atoms. The molecule has 2 aromatic carbocycles. The molecule has 154 valence electrons. The summed E-state index contributed by atoms with van der Waals surface area (Å²) >= 11 is 0. The average Bonchev–Trinajstić information content (AvgIpc) is 2.74. The second-order valence-electron chi connectivity index (χ2n) is 6.70. The van der Waals surface area contributed by atoms with E-state index in [1.54, 1.807) is 17.0 Å². The molecule has 1 saturated heterocycles. The molecule has 0 aromatic heterocycles. The highest BCUT2D eigenvalue weighted by atomic mass is 16.6. The van der Waals surface area contributed by atoms with Crippen LogP contribution in [0.1, 0.15) is 24.2 Å². The van der Waals surface area contributed by atoms with Crippen LogP contribution in [0.3, 0.4) is 0 Å². The first-order valence-electron chi connectivity index (χ1n) is 9.83. The number of hydrogen-bond acceptors (Lipinski definition) is 6. The highest BCUT2D eigenvalue weighted by Gasteiger charge is 2.25. The molecule has 1 fully saturated rings. The fourth-order valence-electron chi connectivity index (χ4n) is 3.48. The zero-order valence-electron chi connectivity index (χ0n) is 16.8. The molecule has 8 heteroatoms. The van der Waals surface area contributed by atoms with Crippen molar-refractivity contribution >= 4 is 23.0 Å². The minimum Gasteiger partial charge on any atom is -0.492 e. The van der Waals surface area contributed by atoms with E-state index in [0.29, 0.717) is 50.6 Å². The average molecular weight is 398 g/mol. The smallest absolute Gasteiger partial charge is 0.293 e.